The molecule has 6 nitrogen and oxygen atoms in total. The van der Waals surface area contributed by atoms with E-state index in [-0.39, 0.29) is 10.6 Å². The van der Waals surface area contributed by atoms with Gasteiger partial charge in [0.25, 0.3) is 0 Å². The van der Waals surface area contributed by atoms with Gasteiger partial charge in [0.05, 0.1) is 26.9 Å². The summed E-state index contributed by atoms with van der Waals surface area (Å²) in [7, 11) is 2.96. The smallest absolute Gasteiger partial charge is 0.334 e. The quantitative estimate of drug-likeness (QED) is 0.324. The van der Waals surface area contributed by atoms with Gasteiger partial charge in [0, 0.05) is 0 Å². The lowest BCUT2D eigenvalue weighted by atomic mass is 9.93. The maximum absolute atomic E-state index is 11.8. The number of aromatic nitrogens is 2. The summed E-state index contributed by atoms with van der Waals surface area (Å²) in [4.78, 5) is 20.0. The first-order chi connectivity index (χ1) is 10.2. The number of hydrogen-bond donors (Lipinski definition) is 0. The van der Waals surface area contributed by atoms with Crippen LogP contribution in [0.3, 0.4) is 0 Å². The molecule has 0 bridgehead atoms. The molecule has 1 atom stereocenters. The Bertz CT molecular complexity index is 486. The Kier molecular flexibility index (Phi) is 7.22. The van der Waals surface area contributed by atoms with Crippen molar-refractivity contribution < 1.29 is 19.0 Å². The maximum Gasteiger partial charge on any atom is 0.334 e. The molecule has 0 saturated heterocycles. The first-order valence-corrected chi connectivity index (χ1v) is 8.01. The van der Waals surface area contributed by atoms with Crippen LogP contribution in [0.1, 0.15) is 27.2 Å². The number of carbonyl (C=O) groups excluding carboxylic acids is 1. The summed E-state index contributed by atoms with van der Waals surface area (Å²) in [5.74, 6) is 0.153. The van der Waals surface area contributed by atoms with E-state index in [4.69, 9.17) is 25.8 Å². The number of methoxy groups -OCH3 is 2. The second-order valence-corrected chi connectivity index (χ2v) is 7.41. The molecule has 0 radical (unpaired) electrons. The van der Waals surface area contributed by atoms with Crippen LogP contribution in [0.4, 0.5) is 0 Å². The van der Waals surface area contributed by atoms with Gasteiger partial charge in [-0.3, -0.25) is 0 Å². The number of thioether (sulfide) groups is 1. The van der Waals surface area contributed by atoms with E-state index in [1.54, 1.807) is 0 Å². The van der Waals surface area contributed by atoms with Crippen molar-refractivity contribution >= 4 is 29.3 Å². The molecule has 0 aliphatic rings. The van der Waals surface area contributed by atoms with Crippen LogP contribution in [-0.2, 0) is 9.53 Å². The molecule has 0 saturated carbocycles. The average Bonchev–Trinajstić information content (AvgIpc) is 2.45. The van der Waals surface area contributed by atoms with Gasteiger partial charge in [-0.15, -0.1) is 0 Å². The van der Waals surface area contributed by atoms with Gasteiger partial charge < -0.3 is 14.2 Å². The van der Waals surface area contributed by atoms with E-state index in [9.17, 15) is 4.79 Å². The lowest BCUT2D eigenvalue weighted by molar-refractivity contribution is -0.141. The number of rotatable bonds is 7. The van der Waals surface area contributed by atoms with Crippen LogP contribution in [0, 0.1) is 5.41 Å². The minimum absolute atomic E-state index is 0.0957. The van der Waals surface area contributed by atoms with Crippen LogP contribution in [0.2, 0.25) is 0 Å². The number of alkyl halides is 1. The normalized spacial score (nSPS) is 12.6. The molecule has 0 aromatic carbocycles. The fourth-order valence-electron chi connectivity index (χ4n) is 1.31. The topological polar surface area (TPSA) is 70.5 Å². The van der Waals surface area contributed by atoms with Crippen LogP contribution in [0.15, 0.2) is 11.2 Å². The molecule has 0 aliphatic heterocycles. The summed E-state index contributed by atoms with van der Waals surface area (Å²) in [5.41, 5.74) is 0.0957. The van der Waals surface area contributed by atoms with Crippen molar-refractivity contribution in [3.05, 3.63) is 6.07 Å². The Hall–Kier alpha value is -1.21. The van der Waals surface area contributed by atoms with E-state index >= 15 is 0 Å². The number of esters is 1. The van der Waals surface area contributed by atoms with Crippen molar-refractivity contribution in [2.45, 2.75) is 37.1 Å². The number of nitrogens with zero attached hydrogens (tertiary/aromatic N) is 2. The molecular formula is C14H21ClN2O4S. The molecule has 0 amide bonds. The zero-order valence-corrected chi connectivity index (χ0v) is 15.0. The second kappa shape index (κ2) is 8.43. The van der Waals surface area contributed by atoms with Crippen LogP contribution in [-0.4, -0.2) is 41.5 Å². The van der Waals surface area contributed by atoms with Gasteiger partial charge in [0.1, 0.15) is 0 Å². The molecule has 1 heterocycles. The zero-order chi connectivity index (χ0) is 16.8. The molecule has 1 unspecified atom stereocenters. The molecule has 1 rings (SSSR count). The maximum atomic E-state index is 11.8. The SMILES string of the molecule is COc1cc(OC)nc(SC(Cl)C(=O)OCCC(C)(C)C)n1. The highest BCUT2D eigenvalue weighted by Gasteiger charge is 2.22. The molecule has 1 aromatic rings. The van der Waals surface area contributed by atoms with E-state index in [0.29, 0.717) is 18.4 Å². The van der Waals surface area contributed by atoms with Crippen molar-refractivity contribution in [3.63, 3.8) is 0 Å². The molecule has 0 spiro atoms. The van der Waals surface area contributed by atoms with Gasteiger partial charge >= 0.3 is 5.97 Å². The molecule has 0 fully saturated rings. The first kappa shape index (κ1) is 18.8. The summed E-state index contributed by atoms with van der Waals surface area (Å²) in [6.45, 7) is 6.55. The molecule has 0 aliphatic carbocycles. The first-order valence-electron chi connectivity index (χ1n) is 6.69. The van der Waals surface area contributed by atoms with E-state index in [1.807, 2.05) is 0 Å². The van der Waals surface area contributed by atoms with Crippen molar-refractivity contribution in [3.8, 4) is 11.8 Å². The molecule has 124 valence electrons. The highest BCUT2D eigenvalue weighted by atomic mass is 35.5. The summed E-state index contributed by atoms with van der Waals surface area (Å²) >= 11 is 7.01. The third-order valence-electron chi connectivity index (χ3n) is 2.57. The summed E-state index contributed by atoms with van der Waals surface area (Å²) in [6.07, 6.45) is 0.760. The third-order valence-corrected chi connectivity index (χ3v) is 3.81. The summed E-state index contributed by atoms with van der Waals surface area (Å²) in [6, 6.07) is 1.54. The summed E-state index contributed by atoms with van der Waals surface area (Å²) in [5, 5.41) is 0.281. The zero-order valence-electron chi connectivity index (χ0n) is 13.4. The monoisotopic (exact) mass is 348 g/mol. The number of hydrogen-bond acceptors (Lipinski definition) is 7. The summed E-state index contributed by atoms with van der Waals surface area (Å²) < 4.78 is 14.3. The fourth-order valence-corrected chi connectivity index (χ4v) is 2.25. The van der Waals surface area contributed by atoms with Crippen molar-refractivity contribution in [1.82, 2.24) is 9.97 Å². The number of halogens is 1. The van der Waals surface area contributed by atoms with Crippen LogP contribution < -0.4 is 9.47 Å². The Morgan fingerprint density at radius 1 is 1.27 bits per heavy atom. The molecule has 22 heavy (non-hydrogen) atoms. The van der Waals surface area contributed by atoms with Crippen molar-refractivity contribution in [2.24, 2.45) is 5.41 Å². The van der Waals surface area contributed by atoms with Gasteiger partial charge in [-0.2, -0.15) is 9.97 Å². The van der Waals surface area contributed by atoms with Gasteiger partial charge in [-0.25, -0.2) is 4.79 Å². The standard InChI is InChI=1S/C14H21ClN2O4S/c1-14(2,3)6-7-21-12(18)11(15)22-13-16-9(19-4)8-10(17-13)20-5/h8,11H,6-7H2,1-5H3. The Morgan fingerprint density at radius 2 is 1.82 bits per heavy atom. The van der Waals surface area contributed by atoms with E-state index in [1.165, 1.54) is 20.3 Å². The Morgan fingerprint density at radius 3 is 2.27 bits per heavy atom. The van der Waals surface area contributed by atoms with Crippen LogP contribution in [0.25, 0.3) is 0 Å². The molecule has 1 aromatic heterocycles. The lowest BCUT2D eigenvalue weighted by Crippen LogP contribution is -2.18. The second-order valence-electron chi connectivity index (χ2n) is 5.65. The van der Waals surface area contributed by atoms with Gasteiger partial charge in [0.2, 0.25) is 11.8 Å². The molecule has 0 N–H and O–H groups in total. The van der Waals surface area contributed by atoms with E-state index in [2.05, 4.69) is 30.7 Å². The minimum Gasteiger partial charge on any atom is -0.481 e. The Labute approximate surface area is 139 Å². The molecular weight excluding hydrogens is 328 g/mol. The third kappa shape index (κ3) is 6.70. The minimum atomic E-state index is -0.934. The number of ether oxygens (including phenoxy) is 3. The van der Waals surface area contributed by atoms with E-state index in [0.717, 1.165) is 18.2 Å². The predicted octanol–water partition coefficient (Wildman–Crippen LogP) is 3.13. The number of carbonyl (C=O) groups is 1. The largest absolute Gasteiger partial charge is 0.481 e. The van der Waals surface area contributed by atoms with Crippen LogP contribution >= 0.6 is 23.4 Å². The van der Waals surface area contributed by atoms with Gasteiger partial charge in [-0.05, 0) is 11.8 Å². The molecule has 8 heteroatoms. The highest BCUT2D eigenvalue weighted by molar-refractivity contribution is 8.01. The fraction of sp³-hybridized carbons (Fsp3) is 0.643. The van der Waals surface area contributed by atoms with Gasteiger partial charge in [-0.1, -0.05) is 44.1 Å². The van der Waals surface area contributed by atoms with Gasteiger partial charge in [0.15, 0.2) is 9.87 Å². The average molecular weight is 349 g/mol. The Balaban J connectivity index is 2.60. The highest BCUT2D eigenvalue weighted by Crippen LogP contribution is 2.28. The van der Waals surface area contributed by atoms with E-state index < -0.39 is 10.7 Å². The lowest BCUT2D eigenvalue weighted by Gasteiger charge is -2.18. The van der Waals surface area contributed by atoms with Crippen LogP contribution in [0.5, 0.6) is 11.8 Å². The van der Waals surface area contributed by atoms with Crippen molar-refractivity contribution in [1.29, 1.82) is 0 Å². The predicted molar refractivity (Wildman–Crippen MR) is 85.7 cm³/mol. The van der Waals surface area contributed by atoms with Crippen molar-refractivity contribution in [2.75, 3.05) is 20.8 Å².